The molecule has 2 aromatic rings. The Morgan fingerprint density at radius 3 is 2.27 bits per heavy atom. The molecule has 1 fully saturated rings. The van der Waals surface area contributed by atoms with Gasteiger partial charge in [0.15, 0.2) is 5.17 Å². The van der Waals surface area contributed by atoms with Gasteiger partial charge in [0.05, 0.1) is 15.8 Å². The fraction of sp³-hybridized carbons (Fsp3) is 0.263. The van der Waals surface area contributed by atoms with Crippen molar-refractivity contribution in [3.8, 4) is 0 Å². The van der Waals surface area contributed by atoms with E-state index in [9.17, 15) is 13.2 Å². The van der Waals surface area contributed by atoms with Crippen molar-refractivity contribution >= 4 is 38.5 Å². The summed E-state index contributed by atoms with van der Waals surface area (Å²) in [5.41, 5.74) is 1.68. The van der Waals surface area contributed by atoms with E-state index in [1.54, 1.807) is 36.4 Å². The lowest BCUT2D eigenvalue weighted by molar-refractivity contribution is -0.116. The molecule has 0 radical (unpaired) electrons. The second-order valence-electron chi connectivity index (χ2n) is 5.87. The number of nitrogens with zero attached hydrogens (tertiary/aromatic N) is 2. The molecule has 0 spiro atoms. The van der Waals surface area contributed by atoms with Crippen molar-refractivity contribution in [3.63, 3.8) is 0 Å². The third-order valence-corrected chi connectivity index (χ3v) is 6.85. The van der Waals surface area contributed by atoms with E-state index in [1.165, 1.54) is 16.7 Å². The normalized spacial score (nSPS) is 19.3. The Bertz CT molecular complexity index is 923. The highest BCUT2D eigenvalue weighted by Gasteiger charge is 2.39. The molecule has 1 aliphatic rings. The number of amidine groups is 1. The maximum absolute atomic E-state index is 12.7. The molecule has 0 aliphatic carbocycles. The van der Waals surface area contributed by atoms with Crippen LogP contribution in [0, 0.1) is 0 Å². The molecule has 1 aliphatic heterocycles. The van der Waals surface area contributed by atoms with Gasteiger partial charge >= 0.3 is 0 Å². The van der Waals surface area contributed by atoms with Gasteiger partial charge in [0.1, 0.15) is 0 Å². The first-order chi connectivity index (χ1) is 12.5. The number of carbonyl (C=O) groups is 1. The molecule has 5 nitrogen and oxygen atoms in total. The van der Waals surface area contributed by atoms with Crippen molar-refractivity contribution in [2.24, 2.45) is 4.40 Å². The van der Waals surface area contributed by atoms with Gasteiger partial charge < -0.3 is 0 Å². The summed E-state index contributed by atoms with van der Waals surface area (Å²) in [7, 11) is -3.89. The minimum absolute atomic E-state index is 0.128. The number of sulfonamides is 1. The van der Waals surface area contributed by atoms with Crippen molar-refractivity contribution in [2.45, 2.75) is 36.8 Å². The lowest BCUT2D eigenvalue weighted by Crippen LogP contribution is -2.32. The zero-order chi connectivity index (χ0) is 18.7. The third kappa shape index (κ3) is 3.68. The van der Waals surface area contributed by atoms with Crippen molar-refractivity contribution in [2.75, 3.05) is 4.90 Å². The molecule has 1 amide bonds. The van der Waals surface area contributed by atoms with Gasteiger partial charge in [-0.3, -0.25) is 9.69 Å². The molecule has 1 unspecified atom stereocenters. The maximum Gasteiger partial charge on any atom is 0.284 e. The van der Waals surface area contributed by atoms with Crippen LogP contribution in [0.4, 0.5) is 5.69 Å². The Kier molecular flexibility index (Phi) is 5.48. The van der Waals surface area contributed by atoms with E-state index in [-0.39, 0.29) is 21.2 Å². The quantitative estimate of drug-likeness (QED) is 0.780. The van der Waals surface area contributed by atoms with Crippen LogP contribution in [-0.2, 0) is 21.2 Å². The fourth-order valence-corrected chi connectivity index (χ4v) is 4.92. The molecular formula is C19H20N2O3S2. The van der Waals surface area contributed by atoms with Gasteiger partial charge in [0, 0.05) is 0 Å². The van der Waals surface area contributed by atoms with Crippen molar-refractivity contribution in [1.82, 2.24) is 0 Å². The molecule has 0 N–H and O–H groups in total. The second-order valence-corrected chi connectivity index (χ2v) is 8.64. The first-order valence-corrected chi connectivity index (χ1v) is 10.8. The molecule has 1 saturated heterocycles. The van der Waals surface area contributed by atoms with Crippen LogP contribution in [0.3, 0.4) is 0 Å². The Balaban J connectivity index is 2.02. The summed E-state index contributed by atoms with van der Waals surface area (Å²) in [6, 6.07) is 15.7. The van der Waals surface area contributed by atoms with Crippen LogP contribution < -0.4 is 4.90 Å². The highest BCUT2D eigenvalue weighted by molar-refractivity contribution is 8.16. The average Bonchev–Trinajstić information content (AvgIpc) is 2.97. The lowest BCUT2D eigenvalue weighted by Gasteiger charge is -2.16. The molecule has 0 saturated carbocycles. The van der Waals surface area contributed by atoms with Gasteiger partial charge in [-0.05, 0) is 42.7 Å². The van der Waals surface area contributed by atoms with Crippen LogP contribution in [0.1, 0.15) is 25.8 Å². The van der Waals surface area contributed by atoms with E-state index < -0.39 is 10.0 Å². The van der Waals surface area contributed by atoms with Gasteiger partial charge in [0.25, 0.3) is 10.0 Å². The van der Waals surface area contributed by atoms with E-state index in [0.29, 0.717) is 12.1 Å². The largest absolute Gasteiger partial charge is 0.284 e. The molecule has 2 aromatic carbocycles. The number of para-hydroxylation sites is 1. The van der Waals surface area contributed by atoms with E-state index >= 15 is 0 Å². The lowest BCUT2D eigenvalue weighted by atomic mass is 10.2. The van der Waals surface area contributed by atoms with Crippen LogP contribution in [0.2, 0.25) is 0 Å². The van der Waals surface area contributed by atoms with Crippen LogP contribution in [0.25, 0.3) is 0 Å². The molecule has 0 bridgehead atoms. The number of hydrogen-bond donors (Lipinski definition) is 0. The number of hydrogen-bond acceptors (Lipinski definition) is 4. The van der Waals surface area contributed by atoms with Crippen LogP contribution in [-0.4, -0.2) is 24.7 Å². The van der Waals surface area contributed by atoms with Crippen LogP contribution in [0.15, 0.2) is 63.9 Å². The summed E-state index contributed by atoms with van der Waals surface area (Å²) in [6.45, 7) is 3.91. The number of carbonyl (C=O) groups excluding carboxylic acids is 1. The molecule has 1 atom stereocenters. The molecule has 3 rings (SSSR count). The van der Waals surface area contributed by atoms with Crippen molar-refractivity contribution < 1.29 is 13.2 Å². The standard InChI is InChI=1S/C19H20N2O3S2/c1-3-14-10-12-16(13-11-14)26(23,24)20-19-21(15-8-6-5-7-9-15)18(22)17(4-2)25-19/h5-13,17H,3-4H2,1-2H3. The molecule has 0 aromatic heterocycles. The minimum Gasteiger partial charge on any atom is -0.273 e. The highest BCUT2D eigenvalue weighted by atomic mass is 32.2. The highest BCUT2D eigenvalue weighted by Crippen LogP contribution is 2.34. The predicted octanol–water partition coefficient (Wildman–Crippen LogP) is 3.85. The van der Waals surface area contributed by atoms with Crippen molar-refractivity contribution in [1.29, 1.82) is 0 Å². The topological polar surface area (TPSA) is 66.8 Å². The predicted molar refractivity (Wildman–Crippen MR) is 106 cm³/mol. The van der Waals surface area contributed by atoms with E-state index in [4.69, 9.17) is 0 Å². The number of amides is 1. The average molecular weight is 389 g/mol. The number of thioether (sulfide) groups is 1. The molecule has 136 valence electrons. The zero-order valence-corrected chi connectivity index (χ0v) is 16.3. The minimum atomic E-state index is -3.89. The van der Waals surface area contributed by atoms with E-state index in [2.05, 4.69) is 4.40 Å². The summed E-state index contributed by atoms with van der Waals surface area (Å²) in [5.74, 6) is -0.140. The van der Waals surface area contributed by atoms with Gasteiger partial charge in [-0.25, -0.2) is 0 Å². The van der Waals surface area contributed by atoms with Gasteiger partial charge in [0.2, 0.25) is 5.91 Å². The third-order valence-electron chi connectivity index (χ3n) is 4.15. The van der Waals surface area contributed by atoms with E-state index in [0.717, 1.165) is 12.0 Å². The maximum atomic E-state index is 12.7. The Hall–Kier alpha value is -2.12. The number of aryl methyl sites for hydroxylation is 1. The summed E-state index contributed by atoms with van der Waals surface area (Å²) in [5, 5.41) is -0.126. The molecule has 1 heterocycles. The summed E-state index contributed by atoms with van der Waals surface area (Å²) >= 11 is 1.20. The first-order valence-electron chi connectivity index (χ1n) is 8.46. The summed E-state index contributed by atoms with van der Waals surface area (Å²) in [6.07, 6.45) is 1.44. The van der Waals surface area contributed by atoms with Crippen molar-refractivity contribution in [3.05, 3.63) is 60.2 Å². The summed E-state index contributed by atoms with van der Waals surface area (Å²) in [4.78, 5) is 14.2. The zero-order valence-electron chi connectivity index (χ0n) is 14.6. The van der Waals surface area contributed by atoms with Gasteiger partial charge in [-0.1, -0.05) is 55.9 Å². The van der Waals surface area contributed by atoms with Crippen LogP contribution in [0.5, 0.6) is 0 Å². The number of benzene rings is 2. The van der Waals surface area contributed by atoms with Crippen LogP contribution >= 0.6 is 11.8 Å². The van der Waals surface area contributed by atoms with Gasteiger partial charge in [-0.2, -0.15) is 8.42 Å². The Morgan fingerprint density at radius 1 is 1.04 bits per heavy atom. The van der Waals surface area contributed by atoms with Gasteiger partial charge in [-0.15, -0.1) is 4.40 Å². The second kappa shape index (κ2) is 7.63. The SMILES string of the molecule is CCc1ccc(S(=O)(=O)N=C2SC(CC)C(=O)N2c2ccccc2)cc1. The molecule has 26 heavy (non-hydrogen) atoms. The Morgan fingerprint density at radius 2 is 1.69 bits per heavy atom. The smallest absolute Gasteiger partial charge is 0.273 e. The summed E-state index contributed by atoms with van der Waals surface area (Å²) < 4.78 is 29.5. The molecule has 7 heteroatoms. The number of anilines is 1. The monoisotopic (exact) mass is 388 g/mol. The fourth-order valence-electron chi connectivity index (χ4n) is 2.66. The number of rotatable bonds is 5. The Labute approximate surface area is 158 Å². The van der Waals surface area contributed by atoms with E-state index in [1.807, 2.05) is 32.0 Å². The molecular weight excluding hydrogens is 368 g/mol. The first kappa shape index (κ1) is 18.7.